The molecular formula is C68H128O6. The number of carbonyl (C=O) groups is 3. The van der Waals surface area contributed by atoms with Crippen molar-refractivity contribution < 1.29 is 28.6 Å². The molecule has 74 heavy (non-hydrogen) atoms. The molecule has 0 fully saturated rings. The highest BCUT2D eigenvalue weighted by molar-refractivity contribution is 5.71. The number of esters is 3. The van der Waals surface area contributed by atoms with Crippen molar-refractivity contribution in [2.75, 3.05) is 13.2 Å². The third-order valence-corrected chi connectivity index (χ3v) is 15.2. The summed E-state index contributed by atoms with van der Waals surface area (Å²) in [6, 6.07) is 0. The summed E-state index contributed by atoms with van der Waals surface area (Å²) in [5.41, 5.74) is 0. The van der Waals surface area contributed by atoms with Gasteiger partial charge in [-0.25, -0.2) is 0 Å². The quantitative estimate of drug-likeness (QED) is 0.0261. The first-order chi connectivity index (χ1) is 36.5. The van der Waals surface area contributed by atoms with Gasteiger partial charge in [-0.15, -0.1) is 0 Å². The van der Waals surface area contributed by atoms with E-state index in [0.717, 1.165) is 77.0 Å². The molecule has 1 atom stereocenters. The van der Waals surface area contributed by atoms with Crippen molar-refractivity contribution in [3.63, 3.8) is 0 Å². The third-order valence-electron chi connectivity index (χ3n) is 15.2. The molecule has 0 spiro atoms. The lowest BCUT2D eigenvalue weighted by atomic mass is 10.0. The van der Waals surface area contributed by atoms with Gasteiger partial charge in [0, 0.05) is 19.3 Å². The SMILES string of the molecule is CCCCCC/C=C\C/C=C\CCCCCCCC(=O)OC(COC(=O)CCCCCCCC)COC(=O)CCCCCCCCCCCCCCCCCCCCCCCCCCCCCCCCCCCC. The van der Waals surface area contributed by atoms with Gasteiger partial charge in [0.25, 0.3) is 0 Å². The van der Waals surface area contributed by atoms with E-state index in [1.807, 2.05) is 0 Å². The molecule has 0 aliphatic carbocycles. The molecule has 0 bridgehead atoms. The van der Waals surface area contributed by atoms with Crippen LogP contribution in [0.5, 0.6) is 0 Å². The van der Waals surface area contributed by atoms with Crippen LogP contribution in [0.3, 0.4) is 0 Å². The van der Waals surface area contributed by atoms with Crippen LogP contribution in [0.15, 0.2) is 24.3 Å². The smallest absolute Gasteiger partial charge is 0.306 e. The van der Waals surface area contributed by atoms with E-state index >= 15 is 0 Å². The average molecular weight is 1040 g/mol. The Kier molecular flexibility index (Phi) is 61.6. The molecule has 0 amide bonds. The van der Waals surface area contributed by atoms with Crippen LogP contribution in [0.1, 0.15) is 374 Å². The zero-order valence-corrected chi connectivity index (χ0v) is 50.1. The predicted octanol–water partition coefficient (Wildman–Crippen LogP) is 22.6. The third kappa shape index (κ3) is 60.8. The summed E-state index contributed by atoms with van der Waals surface area (Å²) in [5.74, 6) is -0.876. The van der Waals surface area contributed by atoms with Crippen molar-refractivity contribution >= 4 is 17.9 Å². The molecular weight excluding hydrogens is 913 g/mol. The standard InChI is InChI=1S/C68H128O6/c1-4-7-10-13-16-18-20-22-24-26-27-28-29-30-31-32-33-34-35-36-37-38-39-40-41-42-43-45-46-48-50-52-55-58-61-67(70)73-64-65(63-72-66(69)60-57-54-15-12-9-6-3)74-68(71)62-59-56-53-51-49-47-44-25-23-21-19-17-14-11-8-5-2/h19,21,25,44,65H,4-18,20,22-24,26-43,45-64H2,1-3H3/b21-19-,44-25-. The number of rotatable bonds is 62. The normalized spacial score (nSPS) is 12.1. The van der Waals surface area contributed by atoms with Crippen LogP contribution >= 0.6 is 0 Å². The minimum Gasteiger partial charge on any atom is -0.462 e. The van der Waals surface area contributed by atoms with Gasteiger partial charge < -0.3 is 14.2 Å². The molecule has 1 unspecified atom stereocenters. The molecule has 6 nitrogen and oxygen atoms in total. The van der Waals surface area contributed by atoms with Gasteiger partial charge in [0.1, 0.15) is 13.2 Å². The van der Waals surface area contributed by atoms with Crippen molar-refractivity contribution in [2.24, 2.45) is 0 Å². The van der Waals surface area contributed by atoms with Crippen molar-refractivity contribution in [1.82, 2.24) is 0 Å². The Morgan fingerprint density at radius 3 is 0.757 bits per heavy atom. The van der Waals surface area contributed by atoms with Crippen LogP contribution in [-0.2, 0) is 28.6 Å². The van der Waals surface area contributed by atoms with E-state index in [1.54, 1.807) is 0 Å². The van der Waals surface area contributed by atoms with Gasteiger partial charge in [-0.2, -0.15) is 0 Å². The largest absolute Gasteiger partial charge is 0.462 e. The van der Waals surface area contributed by atoms with Crippen LogP contribution in [0.4, 0.5) is 0 Å². The van der Waals surface area contributed by atoms with Gasteiger partial charge in [-0.3, -0.25) is 14.4 Å². The maximum Gasteiger partial charge on any atom is 0.306 e. The van der Waals surface area contributed by atoms with Gasteiger partial charge in [-0.05, 0) is 51.4 Å². The van der Waals surface area contributed by atoms with E-state index in [4.69, 9.17) is 14.2 Å². The Morgan fingerprint density at radius 1 is 0.270 bits per heavy atom. The molecule has 0 heterocycles. The van der Waals surface area contributed by atoms with E-state index in [-0.39, 0.29) is 31.1 Å². The van der Waals surface area contributed by atoms with Crippen molar-refractivity contribution in [1.29, 1.82) is 0 Å². The maximum absolute atomic E-state index is 12.8. The molecule has 0 aliphatic heterocycles. The van der Waals surface area contributed by atoms with E-state index < -0.39 is 6.10 Å². The zero-order valence-electron chi connectivity index (χ0n) is 50.1. The molecule has 0 N–H and O–H groups in total. The monoisotopic (exact) mass is 1040 g/mol. The second kappa shape index (κ2) is 63.4. The molecule has 6 heteroatoms. The number of carbonyl (C=O) groups excluding carboxylic acids is 3. The number of allylic oxidation sites excluding steroid dienone is 4. The number of hydrogen-bond acceptors (Lipinski definition) is 6. The van der Waals surface area contributed by atoms with Crippen molar-refractivity contribution in [3.8, 4) is 0 Å². The van der Waals surface area contributed by atoms with Gasteiger partial charge in [0.2, 0.25) is 0 Å². The molecule has 436 valence electrons. The number of unbranched alkanes of at least 4 members (excludes halogenated alkanes) is 47. The zero-order chi connectivity index (χ0) is 53.6. The molecule has 0 rings (SSSR count). The summed E-state index contributed by atoms with van der Waals surface area (Å²) in [7, 11) is 0. The van der Waals surface area contributed by atoms with E-state index in [0.29, 0.717) is 19.3 Å². The molecule has 0 saturated carbocycles. The summed E-state index contributed by atoms with van der Waals surface area (Å²) >= 11 is 0. The second-order valence-electron chi connectivity index (χ2n) is 22.7. The fourth-order valence-electron chi connectivity index (χ4n) is 10.2. The Labute approximate surface area is 462 Å². The average Bonchev–Trinajstić information content (AvgIpc) is 3.40. The molecule has 0 aliphatic rings. The predicted molar refractivity (Wildman–Crippen MR) is 321 cm³/mol. The number of hydrogen-bond donors (Lipinski definition) is 0. The molecule has 0 radical (unpaired) electrons. The Balaban J connectivity index is 3.89. The van der Waals surface area contributed by atoms with Crippen LogP contribution in [0, 0.1) is 0 Å². The van der Waals surface area contributed by atoms with Gasteiger partial charge >= 0.3 is 17.9 Å². The highest BCUT2D eigenvalue weighted by atomic mass is 16.6. The maximum atomic E-state index is 12.8. The van der Waals surface area contributed by atoms with Gasteiger partial charge in [-0.1, -0.05) is 328 Å². The first-order valence-electron chi connectivity index (χ1n) is 33.3. The Hall–Kier alpha value is -2.11. The summed E-state index contributed by atoms with van der Waals surface area (Å²) in [5, 5.41) is 0. The minimum atomic E-state index is -0.773. The minimum absolute atomic E-state index is 0.0726. The molecule has 0 aromatic carbocycles. The number of ether oxygens (including phenoxy) is 3. The van der Waals surface area contributed by atoms with E-state index in [1.165, 1.54) is 257 Å². The first kappa shape index (κ1) is 71.9. The van der Waals surface area contributed by atoms with Crippen LogP contribution in [0.2, 0.25) is 0 Å². The molecule has 0 aromatic rings. The van der Waals surface area contributed by atoms with Crippen LogP contribution in [-0.4, -0.2) is 37.2 Å². The van der Waals surface area contributed by atoms with E-state index in [9.17, 15) is 14.4 Å². The van der Waals surface area contributed by atoms with Crippen molar-refractivity contribution in [2.45, 2.75) is 380 Å². The summed E-state index contributed by atoms with van der Waals surface area (Å²) in [6.07, 6.45) is 76.9. The van der Waals surface area contributed by atoms with Crippen LogP contribution in [0.25, 0.3) is 0 Å². The lowest BCUT2D eigenvalue weighted by molar-refractivity contribution is -0.167. The second-order valence-corrected chi connectivity index (χ2v) is 22.7. The summed E-state index contributed by atoms with van der Waals surface area (Å²) < 4.78 is 16.8. The van der Waals surface area contributed by atoms with Crippen molar-refractivity contribution in [3.05, 3.63) is 24.3 Å². The fraction of sp³-hybridized carbons (Fsp3) is 0.897. The molecule has 0 aromatic heterocycles. The first-order valence-corrected chi connectivity index (χ1v) is 33.3. The summed E-state index contributed by atoms with van der Waals surface area (Å²) in [6.45, 7) is 6.61. The van der Waals surface area contributed by atoms with Gasteiger partial charge in [0.15, 0.2) is 6.10 Å². The Morgan fingerprint density at radius 2 is 0.486 bits per heavy atom. The van der Waals surface area contributed by atoms with Gasteiger partial charge in [0.05, 0.1) is 0 Å². The van der Waals surface area contributed by atoms with E-state index in [2.05, 4.69) is 45.1 Å². The summed E-state index contributed by atoms with van der Waals surface area (Å²) in [4.78, 5) is 37.9. The molecule has 0 saturated heterocycles. The highest BCUT2D eigenvalue weighted by Gasteiger charge is 2.19. The fourth-order valence-corrected chi connectivity index (χ4v) is 10.2. The van der Waals surface area contributed by atoms with Crippen LogP contribution < -0.4 is 0 Å². The Bertz CT molecular complexity index is 1190. The lowest BCUT2D eigenvalue weighted by Gasteiger charge is -2.18. The highest BCUT2D eigenvalue weighted by Crippen LogP contribution is 2.18. The lowest BCUT2D eigenvalue weighted by Crippen LogP contribution is -2.30. The topological polar surface area (TPSA) is 78.9 Å².